The van der Waals surface area contributed by atoms with Gasteiger partial charge in [-0.05, 0) is 50.9 Å². The average Bonchev–Trinajstić information content (AvgIpc) is 2.44. The Labute approximate surface area is 107 Å². The Balaban J connectivity index is 2.79. The third-order valence-electron chi connectivity index (χ3n) is 5.36. The van der Waals surface area contributed by atoms with E-state index >= 15 is 0 Å². The van der Waals surface area contributed by atoms with Crippen LogP contribution >= 0.6 is 0 Å². The van der Waals surface area contributed by atoms with Gasteiger partial charge in [-0.3, -0.25) is 0 Å². The molecule has 0 saturated heterocycles. The summed E-state index contributed by atoms with van der Waals surface area (Å²) < 4.78 is 0. The molecular weight excluding hydrogens is 208 g/mol. The minimum Gasteiger partial charge on any atom is -0.392 e. The van der Waals surface area contributed by atoms with Gasteiger partial charge in [0.2, 0.25) is 0 Å². The molecule has 1 aliphatic rings. The molecule has 0 fully saturated rings. The third-order valence-corrected chi connectivity index (χ3v) is 5.36. The zero-order valence-electron chi connectivity index (χ0n) is 12.3. The van der Waals surface area contributed by atoms with Crippen molar-refractivity contribution in [2.24, 2.45) is 17.3 Å². The van der Waals surface area contributed by atoms with Gasteiger partial charge in [-0.1, -0.05) is 43.6 Å². The maximum Gasteiger partial charge on any atom is 0.0614 e. The lowest BCUT2D eigenvalue weighted by Gasteiger charge is -2.33. The van der Waals surface area contributed by atoms with E-state index in [-0.39, 0.29) is 6.61 Å². The second-order valence-electron chi connectivity index (χ2n) is 6.04. The summed E-state index contributed by atoms with van der Waals surface area (Å²) >= 11 is 0. The highest BCUT2D eigenvalue weighted by Gasteiger charge is 2.42. The highest BCUT2D eigenvalue weighted by molar-refractivity contribution is 5.29. The van der Waals surface area contributed by atoms with Gasteiger partial charge in [0.15, 0.2) is 0 Å². The number of hydrogen-bond acceptors (Lipinski definition) is 1. The Bertz CT molecular complexity index is 337. The Morgan fingerprint density at radius 2 is 1.94 bits per heavy atom. The maximum absolute atomic E-state index is 8.90. The molecule has 0 amide bonds. The van der Waals surface area contributed by atoms with Crippen molar-refractivity contribution in [3.05, 3.63) is 22.8 Å². The molecule has 0 radical (unpaired) electrons. The van der Waals surface area contributed by atoms with Gasteiger partial charge < -0.3 is 5.11 Å². The molecule has 0 saturated carbocycles. The van der Waals surface area contributed by atoms with E-state index in [9.17, 15) is 0 Å². The van der Waals surface area contributed by atoms with E-state index in [1.807, 2.05) is 6.08 Å². The van der Waals surface area contributed by atoms with Gasteiger partial charge in [0, 0.05) is 0 Å². The Hall–Kier alpha value is -0.560. The van der Waals surface area contributed by atoms with Crippen LogP contribution in [0.2, 0.25) is 0 Å². The van der Waals surface area contributed by atoms with E-state index in [4.69, 9.17) is 5.11 Å². The molecule has 0 unspecified atom stereocenters. The second kappa shape index (κ2) is 5.39. The first-order valence-electron chi connectivity index (χ1n) is 6.79. The summed E-state index contributed by atoms with van der Waals surface area (Å²) in [4.78, 5) is 0. The molecular formula is C16H28O. The van der Waals surface area contributed by atoms with Crippen molar-refractivity contribution in [1.82, 2.24) is 0 Å². The summed E-state index contributed by atoms with van der Waals surface area (Å²) in [5.41, 5.74) is 4.83. The van der Waals surface area contributed by atoms with Gasteiger partial charge in [-0.25, -0.2) is 0 Å². The first-order chi connectivity index (χ1) is 7.84. The van der Waals surface area contributed by atoms with Gasteiger partial charge in [0.1, 0.15) is 0 Å². The Morgan fingerprint density at radius 1 is 1.35 bits per heavy atom. The van der Waals surface area contributed by atoms with Crippen molar-refractivity contribution in [2.75, 3.05) is 6.61 Å². The van der Waals surface area contributed by atoms with Crippen molar-refractivity contribution in [3.63, 3.8) is 0 Å². The normalized spacial score (nSPS) is 34.6. The monoisotopic (exact) mass is 236 g/mol. The molecule has 1 rings (SSSR count). The van der Waals surface area contributed by atoms with E-state index in [2.05, 4.69) is 41.5 Å². The lowest BCUT2D eigenvalue weighted by atomic mass is 9.71. The van der Waals surface area contributed by atoms with Crippen LogP contribution in [-0.2, 0) is 0 Å². The standard InChI is InChI=1S/C16H28O/c1-11(8-10-17)7-9-16(6)14(4)12(2)13(3)15(16)5/h8,12,14,17H,7,9-10H2,1-6H3/b11-8+/t12-,14+,16-/m0/s1. The summed E-state index contributed by atoms with van der Waals surface area (Å²) in [5.74, 6) is 1.44. The van der Waals surface area contributed by atoms with E-state index in [0.717, 1.165) is 12.3 Å². The molecule has 1 aliphatic carbocycles. The SMILES string of the molecule is CC1=C(C)[C@@](C)(CC/C(C)=C/CO)[C@H](C)[C@H]1C. The van der Waals surface area contributed by atoms with Crippen LogP contribution in [0.15, 0.2) is 22.8 Å². The molecule has 1 nitrogen and oxygen atoms in total. The fourth-order valence-electron chi connectivity index (χ4n) is 3.19. The highest BCUT2D eigenvalue weighted by Crippen LogP contribution is 2.52. The molecule has 98 valence electrons. The largest absolute Gasteiger partial charge is 0.392 e. The zero-order valence-corrected chi connectivity index (χ0v) is 12.3. The molecule has 0 aromatic carbocycles. The van der Waals surface area contributed by atoms with E-state index in [0.29, 0.717) is 11.3 Å². The number of hydrogen-bond donors (Lipinski definition) is 1. The Kier molecular flexibility index (Phi) is 4.60. The van der Waals surface area contributed by atoms with E-state index < -0.39 is 0 Å². The predicted octanol–water partition coefficient (Wildman–Crippen LogP) is 4.33. The number of allylic oxidation sites excluding steroid dienone is 3. The maximum atomic E-state index is 8.90. The van der Waals surface area contributed by atoms with Gasteiger partial charge in [0.25, 0.3) is 0 Å². The minimum absolute atomic E-state index is 0.169. The molecule has 0 bridgehead atoms. The summed E-state index contributed by atoms with van der Waals surface area (Å²) in [6, 6.07) is 0. The molecule has 1 N–H and O–H groups in total. The topological polar surface area (TPSA) is 20.2 Å². The van der Waals surface area contributed by atoms with Crippen molar-refractivity contribution >= 4 is 0 Å². The molecule has 0 heterocycles. The van der Waals surface area contributed by atoms with Crippen LogP contribution in [0.5, 0.6) is 0 Å². The molecule has 0 aromatic heterocycles. The smallest absolute Gasteiger partial charge is 0.0614 e. The summed E-state index contributed by atoms with van der Waals surface area (Å²) in [7, 11) is 0. The van der Waals surface area contributed by atoms with Crippen LogP contribution in [0.25, 0.3) is 0 Å². The lowest BCUT2D eigenvalue weighted by molar-refractivity contribution is 0.223. The van der Waals surface area contributed by atoms with Crippen LogP contribution in [0.3, 0.4) is 0 Å². The zero-order chi connectivity index (χ0) is 13.2. The van der Waals surface area contributed by atoms with Crippen molar-refractivity contribution < 1.29 is 5.11 Å². The van der Waals surface area contributed by atoms with Gasteiger partial charge >= 0.3 is 0 Å². The number of rotatable bonds is 4. The number of aliphatic hydroxyl groups excluding tert-OH is 1. The van der Waals surface area contributed by atoms with Crippen molar-refractivity contribution in [3.8, 4) is 0 Å². The minimum atomic E-state index is 0.169. The van der Waals surface area contributed by atoms with Crippen LogP contribution in [0, 0.1) is 17.3 Å². The second-order valence-corrected chi connectivity index (χ2v) is 6.04. The fraction of sp³-hybridized carbons (Fsp3) is 0.750. The summed E-state index contributed by atoms with van der Waals surface area (Å²) in [6.07, 6.45) is 4.22. The first-order valence-corrected chi connectivity index (χ1v) is 6.79. The van der Waals surface area contributed by atoms with Crippen molar-refractivity contribution in [1.29, 1.82) is 0 Å². The fourth-order valence-corrected chi connectivity index (χ4v) is 3.19. The summed E-state index contributed by atoms with van der Waals surface area (Å²) in [6.45, 7) is 14.0. The number of aliphatic hydroxyl groups is 1. The third kappa shape index (κ3) is 2.65. The van der Waals surface area contributed by atoms with E-state index in [1.165, 1.54) is 12.0 Å². The molecule has 0 aromatic rings. The Morgan fingerprint density at radius 3 is 2.35 bits per heavy atom. The first kappa shape index (κ1) is 14.5. The quantitative estimate of drug-likeness (QED) is 0.720. The van der Waals surface area contributed by atoms with Gasteiger partial charge in [0.05, 0.1) is 6.61 Å². The van der Waals surface area contributed by atoms with Gasteiger partial charge in [-0.2, -0.15) is 0 Å². The lowest BCUT2D eigenvalue weighted by Crippen LogP contribution is -2.25. The summed E-state index contributed by atoms with van der Waals surface area (Å²) in [5, 5.41) is 8.90. The van der Waals surface area contributed by atoms with Crippen LogP contribution < -0.4 is 0 Å². The molecule has 0 aliphatic heterocycles. The molecule has 17 heavy (non-hydrogen) atoms. The van der Waals surface area contributed by atoms with Crippen molar-refractivity contribution in [2.45, 2.75) is 54.4 Å². The molecule has 1 heteroatoms. The van der Waals surface area contributed by atoms with E-state index in [1.54, 1.807) is 11.1 Å². The van der Waals surface area contributed by atoms with Crippen LogP contribution in [0.1, 0.15) is 54.4 Å². The predicted molar refractivity (Wildman–Crippen MR) is 74.9 cm³/mol. The average molecular weight is 236 g/mol. The molecule has 0 spiro atoms. The van der Waals surface area contributed by atoms with Gasteiger partial charge in [-0.15, -0.1) is 0 Å². The van der Waals surface area contributed by atoms with Crippen LogP contribution in [0.4, 0.5) is 0 Å². The molecule has 3 atom stereocenters. The highest BCUT2D eigenvalue weighted by atomic mass is 16.2. The van der Waals surface area contributed by atoms with Crippen LogP contribution in [-0.4, -0.2) is 11.7 Å².